The van der Waals surface area contributed by atoms with Gasteiger partial charge in [0.1, 0.15) is 11.5 Å². The average Bonchev–Trinajstić information content (AvgIpc) is 2.64. The Balaban J connectivity index is 2.12. The monoisotopic (exact) mass is 387 g/mol. The number of rotatable bonds is 4. The number of carbonyl (C=O) groups is 1. The summed E-state index contributed by atoms with van der Waals surface area (Å²) in [5.41, 5.74) is 7.42. The smallest absolute Gasteiger partial charge is 0.167 e. The van der Waals surface area contributed by atoms with Crippen LogP contribution in [0, 0.1) is 28.1 Å². The number of Topliss-reactive ketones (excluding diaryl/α,β-unsaturated/α-hetero) is 1. The molecule has 0 aliphatic heterocycles. The van der Waals surface area contributed by atoms with Gasteiger partial charge in [-0.1, -0.05) is 41.0 Å². The molecule has 0 amide bonds. The Morgan fingerprint density at radius 1 is 1.04 bits per heavy atom. The summed E-state index contributed by atoms with van der Waals surface area (Å²) in [7, 11) is 3.23. The minimum Gasteiger partial charge on any atom is -0.497 e. The Kier molecular flexibility index (Phi) is 5.33. The largest absolute Gasteiger partial charge is 0.497 e. The van der Waals surface area contributed by atoms with Gasteiger partial charge in [0, 0.05) is 23.6 Å². The van der Waals surface area contributed by atoms with Crippen LogP contribution in [-0.2, 0) is 0 Å². The number of methoxy groups -OCH3 is 2. The van der Waals surface area contributed by atoms with Gasteiger partial charge in [-0.3, -0.25) is 4.79 Å². The van der Waals surface area contributed by atoms with Crippen LogP contribution < -0.4 is 15.2 Å². The van der Waals surface area contributed by atoms with E-state index in [1.54, 1.807) is 14.2 Å². The second-order valence-electron chi connectivity index (χ2n) is 10.2. The van der Waals surface area contributed by atoms with E-state index in [1.807, 2.05) is 18.2 Å². The zero-order valence-electron chi connectivity index (χ0n) is 18.6. The predicted octanol–water partition coefficient (Wildman–Crippen LogP) is 5.09. The van der Waals surface area contributed by atoms with Gasteiger partial charge < -0.3 is 15.2 Å². The van der Waals surface area contributed by atoms with Crippen molar-refractivity contribution in [2.45, 2.75) is 66.3 Å². The number of hydrogen-bond acceptors (Lipinski definition) is 4. The molecule has 4 heteroatoms. The number of ether oxygens (including phenoxy) is 2. The van der Waals surface area contributed by atoms with Crippen LogP contribution in [0.15, 0.2) is 18.2 Å². The normalized spacial score (nSPS) is 37.1. The molecule has 0 bridgehead atoms. The quantitative estimate of drug-likeness (QED) is 0.731. The highest BCUT2D eigenvalue weighted by atomic mass is 16.5. The fourth-order valence-electron chi connectivity index (χ4n) is 6.37. The Bertz CT molecular complexity index is 736. The van der Waals surface area contributed by atoms with Crippen molar-refractivity contribution in [3.8, 4) is 11.5 Å². The van der Waals surface area contributed by atoms with E-state index in [4.69, 9.17) is 15.2 Å². The van der Waals surface area contributed by atoms with E-state index >= 15 is 0 Å². The molecule has 2 aliphatic rings. The fraction of sp³-hybridized carbons (Fsp3) is 0.708. The molecule has 2 saturated carbocycles. The van der Waals surface area contributed by atoms with Crippen LogP contribution in [0.2, 0.25) is 0 Å². The first-order chi connectivity index (χ1) is 13.0. The molecule has 1 aromatic carbocycles. The number of benzene rings is 1. The third kappa shape index (κ3) is 2.96. The highest BCUT2D eigenvalue weighted by Gasteiger charge is 2.64. The lowest BCUT2D eigenvalue weighted by Crippen LogP contribution is -2.64. The Hall–Kier alpha value is -1.55. The van der Waals surface area contributed by atoms with E-state index < -0.39 is 0 Å². The summed E-state index contributed by atoms with van der Waals surface area (Å²) in [5.74, 6) is 1.49. The van der Waals surface area contributed by atoms with Gasteiger partial charge in [-0.2, -0.15) is 0 Å². The molecule has 0 aromatic heterocycles. The van der Waals surface area contributed by atoms with Gasteiger partial charge in [0.05, 0.1) is 14.2 Å². The van der Waals surface area contributed by atoms with Crippen LogP contribution in [0.25, 0.3) is 0 Å². The molecule has 28 heavy (non-hydrogen) atoms. The summed E-state index contributed by atoms with van der Waals surface area (Å²) in [6.45, 7) is 11.6. The standard InChI is InChI=1S/C24H37NO3/c1-15-19(25)14-24(5)22(2,3)9-8-10-23(24,4)20(15)21(26)16-11-17(27-6)13-18(12-16)28-7/h11-13,15,19-20H,8-10,14,25H2,1-7H3/t15-,19-,20-,23-,24+/m1/s1. The molecule has 0 radical (unpaired) electrons. The molecular weight excluding hydrogens is 350 g/mol. The first-order valence-corrected chi connectivity index (χ1v) is 10.5. The lowest BCUT2D eigenvalue weighted by molar-refractivity contribution is -0.160. The molecule has 0 heterocycles. The van der Waals surface area contributed by atoms with Crippen LogP contribution in [0.1, 0.15) is 70.7 Å². The third-order valence-corrected chi connectivity index (χ3v) is 8.70. The van der Waals surface area contributed by atoms with Gasteiger partial charge in [0.15, 0.2) is 5.78 Å². The maximum absolute atomic E-state index is 13.9. The zero-order valence-corrected chi connectivity index (χ0v) is 18.6. The molecule has 0 unspecified atom stereocenters. The summed E-state index contributed by atoms with van der Waals surface area (Å²) in [4.78, 5) is 13.9. The molecule has 2 fully saturated rings. The molecule has 2 aliphatic carbocycles. The van der Waals surface area contributed by atoms with Gasteiger partial charge in [-0.05, 0) is 53.6 Å². The molecule has 2 N–H and O–H groups in total. The Labute approximate surface area is 170 Å². The summed E-state index contributed by atoms with van der Waals surface area (Å²) in [6, 6.07) is 5.51. The van der Waals surface area contributed by atoms with E-state index in [1.165, 1.54) is 6.42 Å². The fourth-order valence-corrected chi connectivity index (χ4v) is 6.37. The van der Waals surface area contributed by atoms with Crippen LogP contribution in [0.4, 0.5) is 0 Å². The summed E-state index contributed by atoms with van der Waals surface area (Å²) in [6.07, 6.45) is 4.39. The third-order valence-electron chi connectivity index (χ3n) is 8.70. The van der Waals surface area contributed by atoms with Crippen LogP contribution >= 0.6 is 0 Å². The van der Waals surface area contributed by atoms with Gasteiger partial charge in [-0.25, -0.2) is 0 Å². The van der Waals surface area contributed by atoms with Crippen molar-refractivity contribution in [2.24, 2.45) is 33.8 Å². The van der Waals surface area contributed by atoms with Crippen molar-refractivity contribution in [3.63, 3.8) is 0 Å². The number of hydrogen-bond donors (Lipinski definition) is 1. The van der Waals surface area contributed by atoms with E-state index in [-0.39, 0.29) is 39.9 Å². The van der Waals surface area contributed by atoms with Gasteiger partial charge >= 0.3 is 0 Å². The maximum Gasteiger partial charge on any atom is 0.167 e. The van der Waals surface area contributed by atoms with Crippen molar-refractivity contribution >= 4 is 5.78 Å². The van der Waals surface area contributed by atoms with Crippen molar-refractivity contribution in [1.82, 2.24) is 0 Å². The second-order valence-corrected chi connectivity index (χ2v) is 10.2. The van der Waals surface area contributed by atoms with E-state index in [9.17, 15) is 4.79 Å². The van der Waals surface area contributed by atoms with Gasteiger partial charge in [0.2, 0.25) is 0 Å². The minimum atomic E-state index is -0.113. The van der Waals surface area contributed by atoms with Crippen molar-refractivity contribution < 1.29 is 14.3 Å². The molecule has 4 nitrogen and oxygen atoms in total. The lowest BCUT2D eigenvalue weighted by Gasteiger charge is -2.66. The number of nitrogens with two attached hydrogens (primary N) is 1. The molecule has 0 saturated heterocycles. The predicted molar refractivity (Wildman–Crippen MR) is 113 cm³/mol. The first-order valence-electron chi connectivity index (χ1n) is 10.5. The Morgan fingerprint density at radius 3 is 2.14 bits per heavy atom. The number of ketones is 1. The highest BCUT2D eigenvalue weighted by Crippen LogP contribution is 2.68. The molecule has 3 rings (SSSR count). The minimum absolute atomic E-state index is 0.0213. The van der Waals surface area contributed by atoms with Crippen LogP contribution in [-0.4, -0.2) is 26.0 Å². The lowest BCUT2D eigenvalue weighted by atomic mass is 9.38. The second kappa shape index (κ2) is 7.05. The SMILES string of the molecule is COc1cc(OC)cc(C(=O)[C@H]2[C@H](C)[C@H](N)C[C@@]3(C)C(C)(C)CCC[C@]23C)c1. The summed E-state index contributed by atoms with van der Waals surface area (Å²) >= 11 is 0. The molecule has 5 atom stereocenters. The van der Waals surface area contributed by atoms with Crippen LogP contribution in [0.3, 0.4) is 0 Å². The highest BCUT2D eigenvalue weighted by molar-refractivity contribution is 5.99. The molecule has 1 aromatic rings. The number of fused-ring (bicyclic) bond motifs is 1. The van der Waals surface area contributed by atoms with Crippen molar-refractivity contribution in [3.05, 3.63) is 23.8 Å². The van der Waals surface area contributed by atoms with E-state index in [0.29, 0.717) is 17.1 Å². The first kappa shape index (κ1) is 21.2. The van der Waals surface area contributed by atoms with Gasteiger partial charge in [0.25, 0.3) is 0 Å². The van der Waals surface area contributed by atoms with Crippen LogP contribution in [0.5, 0.6) is 11.5 Å². The van der Waals surface area contributed by atoms with E-state index in [0.717, 1.165) is 19.3 Å². The van der Waals surface area contributed by atoms with Crippen molar-refractivity contribution in [1.29, 1.82) is 0 Å². The Morgan fingerprint density at radius 2 is 1.61 bits per heavy atom. The summed E-state index contributed by atoms with van der Waals surface area (Å²) in [5, 5.41) is 0. The topological polar surface area (TPSA) is 61.5 Å². The molecule has 156 valence electrons. The van der Waals surface area contributed by atoms with Gasteiger partial charge in [-0.15, -0.1) is 0 Å². The van der Waals surface area contributed by atoms with E-state index in [2.05, 4.69) is 34.6 Å². The number of carbonyl (C=O) groups excluding carboxylic acids is 1. The summed E-state index contributed by atoms with van der Waals surface area (Å²) < 4.78 is 10.8. The molecule has 0 spiro atoms. The molecular formula is C24H37NO3. The maximum atomic E-state index is 13.9. The zero-order chi connectivity index (χ0) is 20.9. The van der Waals surface area contributed by atoms with Crippen molar-refractivity contribution in [2.75, 3.05) is 14.2 Å². The average molecular weight is 388 g/mol.